The fourth-order valence-electron chi connectivity index (χ4n) is 1.85. The summed E-state index contributed by atoms with van der Waals surface area (Å²) in [6, 6.07) is 4.11. The highest BCUT2D eigenvalue weighted by atomic mass is 35.5. The Kier molecular flexibility index (Phi) is 8.73. The topological polar surface area (TPSA) is 41.5 Å². The summed E-state index contributed by atoms with van der Waals surface area (Å²) in [6.45, 7) is 8.13. The minimum Gasteiger partial charge on any atom is -0.389 e. The van der Waals surface area contributed by atoms with E-state index in [1.165, 1.54) is 11.3 Å². The van der Waals surface area contributed by atoms with E-state index < -0.39 is 6.10 Å². The van der Waals surface area contributed by atoms with Crippen molar-refractivity contribution in [3.8, 4) is 0 Å². The summed E-state index contributed by atoms with van der Waals surface area (Å²) in [6.07, 6.45) is 1.76. The highest BCUT2D eigenvalue weighted by Gasteiger charge is 2.10. The van der Waals surface area contributed by atoms with Gasteiger partial charge in [-0.1, -0.05) is 25.4 Å². The zero-order valence-electron chi connectivity index (χ0n) is 12.6. The maximum atomic E-state index is 9.85. The Bertz CT molecular complexity index is 371. The van der Waals surface area contributed by atoms with Crippen LogP contribution in [-0.4, -0.2) is 31.0 Å². The van der Waals surface area contributed by atoms with Gasteiger partial charge in [-0.05, 0) is 37.8 Å². The minimum absolute atomic E-state index is 0.197. The third-order valence-corrected chi connectivity index (χ3v) is 4.47. The Labute approximate surface area is 131 Å². The molecule has 2 atom stereocenters. The molecule has 0 aliphatic carbocycles. The van der Waals surface area contributed by atoms with Crippen molar-refractivity contribution in [1.82, 2.24) is 5.32 Å². The maximum absolute atomic E-state index is 9.85. The molecule has 0 saturated heterocycles. The number of ether oxygens (including phenoxy) is 1. The molecule has 0 aliphatic rings. The number of aliphatic hydroxyl groups is 1. The maximum Gasteiger partial charge on any atom is 0.0931 e. The molecule has 0 aromatic carbocycles. The van der Waals surface area contributed by atoms with Crippen molar-refractivity contribution in [2.45, 2.75) is 45.8 Å². The predicted molar refractivity (Wildman–Crippen MR) is 86.6 cm³/mol. The number of thiophene rings is 1. The number of hydrogen-bond acceptors (Lipinski definition) is 4. The summed E-state index contributed by atoms with van der Waals surface area (Å²) in [5.74, 6) is 0.712. The number of hydrogen-bond donors (Lipinski definition) is 2. The number of nitrogens with one attached hydrogen (secondary N) is 1. The number of aliphatic hydroxyl groups excluding tert-OH is 1. The molecule has 0 aliphatic heterocycles. The Morgan fingerprint density at radius 1 is 1.35 bits per heavy atom. The Hall–Kier alpha value is -0.130. The van der Waals surface area contributed by atoms with Gasteiger partial charge >= 0.3 is 0 Å². The average molecular weight is 320 g/mol. The summed E-state index contributed by atoms with van der Waals surface area (Å²) >= 11 is 7.47. The summed E-state index contributed by atoms with van der Waals surface area (Å²) < 4.78 is 6.27. The standard InChI is InChI=1S/C15H26ClNO2S/c1-11(2)5-4-8-19-10-13(18)9-17-12(3)14-6-7-15(16)20-14/h6-7,11-13,17-18H,4-5,8-10H2,1-3H3. The molecule has 0 radical (unpaired) electrons. The number of halogens is 1. The predicted octanol–water partition coefficient (Wildman–Crippen LogP) is 3.87. The molecule has 0 spiro atoms. The Morgan fingerprint density at radius 3 is 2.70 bits per heavy atom. The third kappa shape index (κ3) is 7.60. The molecule has 3 nitrogen and oxygen atoms in total. The van der Waals surface area contributed by atoms with E-state index in [1.807, 2.05) is 12.1 Å². The summed E-state index contributed by atoms with van der Waals surface area (Å²) in [5, 5.41) is 13.1. The lowest BCUT2D eigenvalue weighted by atomic mass is 10.1. The van der Waals surface area contributed by atoms with E-state index in [2.05, 4.69) is 26.1 Å². The van der Waals surface area contributed by atoms with Crippen LogP contribution in [-0.2, 0) is 4.74 Å². The SMILES string of the molecule is CC(C)CCCOCC(O)CNC(C)c1ccc(Cl)s1. The first-order valence-electron chi connectivity index (χ1n) is 7.23. The van der Waals surface area contributed by atoms with Gasteiger partial charge < -0.3 is 15.2 Å². The summed E-state index contributed by atoms with van der Waals surface area (Å²) in [7, 11) is 0. The van der Waals surface area contributed by atoms with Gasteiger partial charge in [0, 0.05) is 24.1 Å². The minimum atomic E-state index is -0.466. The second-order valence-electron chi connectivity index (χ2n) is 5.54. The lowest BCUT2D eigenvalue weighted by molar-refractivity contribution is 0.0337. The molecule has 1 rings (SSSR count). The van der Waals surface area contributed by atoms with Crippen LogP contribution in [0.1, 0.15) is 44.5 Å². The van der Waals surface area contributed by atoms with Crippen molar-refractivity contribution in [2.75, 3.05) is 19.8 Å². The molecule has 2 N–H and O–H groups in total. The zero-order valence-corrected chi connectivity index (χ0v) is 14.1. The van der Waals surface area contributed by atoms with Crippen LogP contribution >= 0.6 is 22.9 Å². The van der Waals surface area contributed by atoms with Crippen LogP contribution in [0.2, 0.25) is 4.34 Å². The first kappa shape index (κ1) is 17.9. The van der Waals surface area contributed by atoms with Crippen LogP contribution < -0.4 is 5.32 Å². The van der Waals surface area contributed by atoms with E-state index in [0.29, 0.717) is 19.1 Å². The fourth-order valence-corrected chi connectivity index (χ4v) is 2.93. The number of rotatable bonds is 10. The van der Waals surface area contributed by atoms with Gasteiger partial charge in [0.05, 0.1) is 17.0 Å². The molecule has 0 amide bonds. The van der Waals surface area contributed by atoms with Gasteiger partial charge in [-0.25, -0.2) is 0 Å². The van der Waals surface area contributed by atoms with Crippen LogP contribution in [0.3, 0.4) is 0 Å². The lowest BCUT2D eigenvalue weighted by Gasteiger charge is -2.16. The fraction of sp³-hybridized carbons (Fsp3) is 0.733. The first-order chi connectivity index (χ1) is 9.49. The van der Waals surface area contributed by atoms with Gasteiger partial charge in [-0.15, -0.1) is 11.3 Å². The van der Waals surface area contributed by atoms with Crippen molar-refractivity contribution in [2.24, 2.45) is 5.92 Å². The van der Waals surface area contributed by atoms with Crippen LogP contribution in [0, 0.1) is 5.92 Å². The van der Waals surface area contributed by atoms with Crippen LogP contribution in [0.5, 0.6) is 0 Å². The molecule has 0 fully saturated rings. The molecular weight excluding hydrogens is 294 g/mol. The third-order valence-electron chi connectivity index (χ3n) is 3.06. The van der Waals surface area contributed by atoms with Crippen molar-refractivity contribution in [3.05, 3.63) is 21.3 Å². The molecule has 1 heterocycles. The molecule has 0 saturated carbocycles. The van der Waals surface area contributed by atoms with Crippen LogP contribution in [0.4, 0.5) is 0 Å². The lowest BCUT2D eigenvalue weighted by Crippen LogP contribution is -2.32. The van der Waals surface area contributed by atoms with E-state index in [0.717, 1.165) is 17.4 Å². The molecule has 116 valence electrons. The highest BCUT2D eigenvalue weighted by molar-refractivity contribution is 7.16. The monoisotopic (exact) mass is 319 g/mol. The summed E-state index contributed by atoms with van der Waals surface area (Å²) in [5.41, 5.74) is 0. The smallest absolute Gasteiger partial charge is 0.0931 e. The first-order valence-corrected chi connectivity index (χ1v) is 8.43. The molecule has 1 aromatic heterocycles. The average Bonchev–Trinajstić information content (AvgIpc) is 2.82. The van der Waals surface area contributed by atoms with Gasteiger partial charge in [-0.3, -0.25) is 0 Å². The summed E-state index contributed by atoms with van der Waals surface area (Å²) in [4.78, 5) is 1.18. The van der Waals surface area contributed by atoms with E-state index in [4.69, 9.17) is 16.3 Å². The van der Waals surface area contributed by atoms with Gasteiger partial charge in [-0.2, -0.15) is 0 Å². The Morgan fingerprint density at radius 2 is 2.10 bits per heavy atom. The van der Waals surface area contributed by atoms with Gasteiger partial charge in [0.1, 0.15) is 0 Å². The van der Waals surface area contributed by atoms with Crippen molar-refractivity contribution in [3.63, 3.8) is 0 Å². The van der Waals surface area contributed by atoms with Crippen LogP contribution in [0.15, 0.2) is 12.1 Å². The second kappa shape index (κ2) is 9.74. The molecule has 1 aromatic rings. The van der Waals surface area contributed by atoms with Crippen molar-refractivity contribution in [1.29, 1.82) is 0 Å². The van der Waals surface area contributed by atoms with E-state index in [1.54, 1.807) is 11.3 Å². The van der Waals surface area contributed by atoms with E-state index in [9.17, 15) is 5.11 Å². The second-order valence-corrected chi connectivity index (χ2v) is 7.28. The normalized spacial score (nSPS) is 14.7. The van der Waals surface area contributed by atoms with Crippen molar-refractivity contribution < 1.29 is 9.84 Å². The van der Waals surface area contributed by atoms with E-state index in [-0.39, 0.29) is 6.04 Å². The molecule has 2 unspecified atom stereocenters. The molecular formula is C15H26ClNO2S. The van der Waals surface area contributed by atoms with Crippen LogP contribution in [0.25, 0.3) is 0 Å². The van der Waals surface area contributed by atoms with Gasteiger partial charge in [0.15, 0.2) is 0 Å². The van der Waals surface area contributed by atoms with Crippen molar-refractivity contribution >= 4 is 22.9 Å². The zero-order chi connectivity index (χ0) is 15.0. The molecule has 5 heteroatoms. The molecule has 20 heavy (non-hydrogen) atoms. The van der Waals surface area contributed by atoms with Gasteiger partial charge in [0.2, 0.25) is 0 Å². The molecule has 0 bridgehead atoms. The highest BCUT2D eigenvalue weighted by Crippen LogP contribution is 2.26. The largest absolute Gasteiger partial charge is 0.389 e. The van der Waals surface area contributed by atoms with Gasteiger partial charge in [0.25, 0.3) is 0 Å². The quantitative estimate of drug-likeness (QED) is 0.643. The van der Waals surface area contributed by atoms with E-state index >= 15 is 0 Å². The Balaban J connectivity index is 2.09.